The molecule has 0 unspecified atom stereocenters. The number of hydrogen-bond donors (Lipinski definition) is 0. The van der Waals surface area contributed by atoms with Gasteiger partial charge in [-0.05, 0) is 93.0 Å². The second-order valence-electron chi connectivity index (χ2n) is 13.1. The Kier molecular flexibility index (Phi) is 9.31. The van der Waals surface area contributed by atoms with Crippen LogP contribution < -0.4 is 0 Å². The van der Waals surface area contributed by atoms with Crippen molar-refractivity contribution >= 4 is 67.9 Å². The third-order valence-corrected chi connectivity index (χ3v) is 11.5. The number of hydrogen-bond acceptors (Lipinski definition) is 0. The summed E-state index contributed by atoms with van der Waals surface area (Å²) < 4.78 is 0.987. The summed E-state index contributed by atoms with van der Waals surface area (Å²) in [6.45, 7) is 8.69. The van der Waals surface area contributed by atoms with Crippen LogP contribution in [0.4, 0.5) is 0 Å². The van der Waals surface area contributed by atoms with Crippen molar-refractivity contribution in [2.75, 3.05) is 13.1 Å². The van der Waals surface area contributed by atoms with Gasteiger partial charge >= 0.3 is 0 Å². The number of quaternary nitrogens is 1. The summed E-state index contributed by atoms with van der Waals surface area (Å²) in [6.07, 6.45) is 4.64. The predicted octanol–water partition coefficient (Wildman–Crippen LogP) is 14.0. The lowest BCUT2D eigenvalue weighted by atomic mass is 9.82. The molecule has 0 spiro atoms. The van der Waals surface area contributed by atoms with Crippen LogP contribution >= 0.6 is 46.4 Å². The molecule has 0 amide bonds. The van der Waals surface area contributed by atoms with E-state index in [0.29, 0.717) is 20.1 Å². The van der Waals surface area contributed by atoms with Crippen LogP contribution in [0.2, 0.25) is 20.1 Å². The number of benzene rings is 6. The molecule has 238 valence electrons. The van der Waals surface area contributed by atoms with Gasteiger partial charge in [-0.2, -0.15) is 0 Å². The van der Waals surface area contributed by atoms with E-state index in [1.807, 2.05) is 24.3 Å². The van der Waals surface area contributed by atoms with E-state index in [0.717, 1.165) is 54.6 Å². The summed E-state index contributed by atoms with van der Waals surface area (Å²) in [5.41, 5.74) is 10.1. The Bertz CT molecular complexity index is 1980. The Hall–Kier alpha value is -3.04. The molecule has 0 radical (unpaired) electrons. The van der Waals surface area contributed by atoms with Gasteiger partial charge in [0.15, 0.2) is 0 Å². The third-order valence-electron chi connectivity index (χ3n) is 9.98. The van der Waals surface area contributed by atoms with Crippen molar-refractivity contribution in [1.29, 1.82) is 0 Å². The monoisotopic (exact) mass is 696 g/mol. The first-order valence-corrected chi connectivity index (χ1v) is 18.2. The maximum atomic E-state index is 6.71. The molecule has 0 aromatic heterocycles. The minimum Gasteiger partial charge on any atom is -0.316 e. The minimum absolute atomic E-state index is 0.570. The summed E-state index contributed by atoms with van der Waals surface area (Å²) >= 11 is 26.3. The molecule has 1 heterocycles. The van der Waals surface area contributed by atoms with Gasteiger partial charge in [0, 0.05) is 22.3 Å². The van der Waals surface area contributed by atoms with E-state index >= 15 is 0 Å². The molecule has 0 N–H and O–H groups in total. The molecule has 0 aliphatic carbocycles. The standard InChI is InChI=1S/C42H38Cl4N/c1-3-5-19-47(20-6-4-2)25-35-33(29-15-17-37(43)39(45)23-29)21-27-11-7-9-13-31(27)41(35)42-32-14-10-8-12-28(32)22-34(36(42)26-47)30-16-18-38(44)40(46)24-30/h7-18,21-24H,3-6,19-20,25-26H2,1-2H3/q+1. The Morgan fingerprint density at radius 3 is 1.34 bits per heavy atom. The SMILES string of the molecule is CCCC[N+]1(CCCC)Cc2c(-c3ccc(Cl)c(Cl)c3)cc3ccccc3c2-c2c(c(-c3ccc(Cl)c(Cl)c3)cc3ccccc23)C1. The normalized spacial score (nSPS) is 13.8. The van der Waals surface area contributed by atoms with Crippen molar-refractivity contribution in [2.24, 2.45) is 0 Å². The van der Waals surface area contributed by atoms with Gasteiger partial charge in [-0.25, -0.2) is 0 Å². The maximum Gasteiger partial charge on any atom is 0.106 e. The molecule has 6 aromatic carbocycles. The number of rotatable bonds is 8. The molecule has 0 saturated heterocycles. The molecule has 5 heteroatoms. The Labute approximate surface area is 298 Å². The molecule has 7 rings (SSSR count). The highest BCUT2D eigenvalue weighted by Gasteiger charge is 2.37. The van der Waals surface area contributed by atoms with Gasteiger partial charge in [0.25, 0.3) is 0 Å². The lowest BCUT2D eigenvalue weighted by Gasteiger charge is -2.39. The highest BCUT2D eigenvalue weighted by molar-refractivity contribution is 6.42. The largest absolute Gasteiger partial charge is 0.316 e. The van der Waals surface area contributed by atoms with Gasteiger partial charge in [0.1, 0.15) is 13.1 Å². The van der Waals surface area contributed by atoms with E-state index in [9.17, 15) is 0 Å². The fourth-order valence-corrected chi connectivity index (χ4v) is 8.26. The number of nitrogens with zero attached hydrogens (tertiary/aromatic N) is 1. The second kappa shape index (κ2) is 13.5. The van der Waals surface area contributed by atoms with Crippen LogP contribution in [0.25, 0.3) is 54.9 Å². The van der Waals surface area contributed by atoms with Crippen LogP contribution in [0, 0.1) is 0 Å². The van der Waals surface area contributed by atoms with E-state index < -0.39 is 0 Å². The lowest BCUT2D eigenvalue weighted by Crippen LogP contribution is -2.47. The summed E-state index contributed by atoms with van der Waals surface area (Å²) in [6, 6.07) is 34.6. The van der Waals surface area contributed by atoms with Crippen molar-refractivity contribution in [1.82, 2.24) is 0 Å². The smallest absolute Gasteiger partial charge is 0.106 e. The van der Waals surface area contributed by atoms with Crippen molar-refractivity contribution in [3.8, 4) is 33.4 Å². The molecule has 6 aromatic rings. The third kappa shape index (κ3) is 6.07. The van der Waals surface area contributed by atoms with Crippen LogP contribution in [0.5, 0.6) is 0 Å². The van der Waals surface area contributed by atoms with Gasteiger partial charge in [-0.1, -0.05) is 134 Å². The molecule has 1 aliphatic heterocycles. The number of halogens is 4. The minimum atomic E-state index is 0.570. The van der Waals surface area contributed by atoms with Crippen LogP contribution in [-0.4, -0.2) is 17.6 Å². The van der Waals surface area contributed by atoms with Crippen LogP contribution in [0.1, 0.15) is 50.7 Å². The topological polar surface area (TPSA) is 0 Å². The fraction of sp³-hybridized carbons (Fsp3) is 0.238. The van der Waals surface area contributed by atoms with E-state index in [1.54, 1.807) is 0 Å². The quantitative estimate of drug-likeness (QED) is 0.139. The van der Waals surface area contributed by atoms with E-state index in [2.05, 4.69) is 86.6 Å². The summed E-state index contributed by atoms with van der Waals surface area (Å²) in [5.74, 6) is 0. The van der Waals surface area contributed by atoms with Gasteiger partial charge in [-0.3, -0.25) is 0 Å². The summed E-state index contributed by atoms with van der Waals surface area (Å²) in [4.78, 5) is 0. The summed E-state index contributed by atoms with van der Waals surface area (Å²) in [5, 5.41) is 7.26. The number of unbranched alkanes of at least 4 members (excludes halogenated alkanes) is 2. The first kappa shape index (κ1) is 32.5. The molecular formula is C42H38Cl4N+. The van der Waals surface area contributed by atoms with Crippen molar-refractivity contribution < 1.29 is 4.48 Å². The zero-order chi connectivity index (χ0) is 32.7. The van der Waals surface area contributed by atoms with E-state index in [1.165, 1.54) is 67.8 Å². The van der Waals surface area contributed by atoms with Gasteiger partial charge in [-0.15, -0.1) is 0 Å². The molecular weight excluding hydrogens is 660 g/mol. The van der Waals surface area contributed by atoms with Crippen LogP contribution in [-0.2, 0) is 13.1 Å². The Morgan fingerprint density at radius 1 is 0.511 bits per heavy atom. The van der Waals surface area contributed by atoms with Gasteiger partial charge in [0.05, 0.1) is 33.2 Å². The first-order valence-electron chi connectivity index (χ1n) is 16.7. The molecule has 0 atom stereocenters. The molecule has 1 nitrogen and oxygen atoms in total. The van der Waals surface area contributed by atoms with Crippen molar-refractivity contribution in [2.45, 2.75) is 52.6 Å². The Morgan fingerprint density at radius 2 is 0.936 bits per heavy atom. The number of fused-ring (bicyclic) bond motifs is 7. The Balaban J connectivity index is 1.68. The van der Waals surface area contributed by atoms with Crippen molar-refractivity contribution in [3.05, 3.63) is 128 Å². The zero-order valence-electron chi connectivity index (χ0n) is 26.9. The summed E-state index contributed by atoms with van der Waals surface area (Å²) in [7, 11) is 0. The molecule has 0 bridgehead atoms. The fourth-order valence-electron chi connectivity index (χ4n) is 7.66. The first-order chi connectivity index (χ1) is 22.8. The average molecular weight is 699 g/mol. The lowest BCUT2D eigenvalue weighted by molar-refractivity contribution is -0.953. The molecule has 1 aliphatic rings. The molecule has 0 saturated carbocycles. The van der Waals surface area contributed by atoms with E-state index in [-0.39, 0.29) is 0 Å². The van der Waals surface area contributed by atoms with E-state index in [4.69, 9.17) is 46.4 Å². The predicted molar refractivity (Wildman–Crippen MR) is 205 cm³/mol. The zero-order valence-corrected chi connectivity index (χ0v) is 29.9. The highest BCUT2D eigenvalue weighted by atomic mass is 35.5. The second-order valence-corrected chi connectivity index (χ2v) is 14.7. The molecule has 47 heavy (non-hydrogen) atoms. The maximum absolute atomic E-state index is 6.71. The van der Waals surface area contributed by atoms with Gasteiger partial charge < -0.3 is 4.48 Å². The average Bonchev–Trinajstić information content (AvgIpc) is 3.24. The highest BCUT2D eigenvalue weighted by Crippen LogP contribution is 2.50. The van der Waals surface area contributed by atoms with Gasteiger partial charge in [0.2, 0.25) is 0 Å². The van der Waals surface area contributed by atoms with Crippen LogP contribution in [0.3, 0.4) is 0 Å². The van der Waals surface area contributed by atoms with Crippen molar-refractivity contribution in [3.63, 3.8) is 0 Å². The molecule has 0 fully saturated rings. The van der Waals surface area contributed by atoms with Crippen LogP contribution in [0.15, 0.2) is 97.1 Å².